The molecule has 0 aliphatic carbocycles. The van der Waals surface area contributed by atoms with Gasteiger partial charge < -0.3 is 10.2 Å². The number of nitrogens with zero attached hydrogens (tertiary/aromatic N) is 2. The highest BCUT2D eigenvalue weighted by molar-refractivity contribution is 5.92. The lowest BCUT2D eigenvalue weighted by atomic mass is 10.1. The molecule has 1 aromatic rings. The van der Waals surface area contributed by atoms with Crippen LogP contribution in [0.15, 0.2) is 24.3 Å². The quantitative estimate of drug-likeness (QED) is 0.475. The molecule has 1 aromatic carbocycles. The lowest BCUT2D eigenvalue weighted by molar-refractivity contribution is -0.385. The number of carbonyl (C=O) groups is 1. The molecule has 0 fully saturated rings. The summed E-state index contributed by atoms with van der Waals surface area (Å²) in [6, 6.07) is 3.52. The Balaban J connectivity index is 2.71. The topological polar surface area (TPSA) is 75.5 Å². The van der Waals surface area contributed by atoms with E-state index in [-0.39, 0.29) is 23.2 Å². The summed E-state index contributed by atoms with van der Waals surface area (Å²) in [5, 5.41) is 13.7. The van der Waals surface area contributed by atoms with E-state index in [2.05, 4.69) is 24.1 Å². The van der Waals surface area contributed by atoms with E-state index in [1.54, 1.807) is 0 Å². The summed E-state index contributed by atoms with van der Waals surface area (Å²) in [5.41, 5.74) is -0.194. The largest absolute Gasteiger partial charge is 0.349 e. The van der Waals surface area contributed by atoms with Gasteiger partial charge in [0.15, 0.2) is 0 Å². The second-order valence-electron chi connectivity index (χ2n) is 5.74. The van der Waals surface area contributed by atoms with Crippen LogP contribution in [-0.2, 0) is 4.79 Å². The highest BCUT2D eigenvalue weighted by Crippen LogP contribution is 2.20. The van der Waals surface area contributed by atoms with Crippen LogP contribution in [0.1, 0.15) is 26.3 Å². The van der Waals surface area contributed by atoms with Gasteiger partial charge in [-0.05, 0) is 46.0 Å². The normalized spacial score (nSPS) is 12.8. The van der Waals surface area contributed by atoms with Gasteiger partial charge in [0.05, 0.1) is 16.6 Å². The first-order chi connectivity index (χ1) is 10.7. The Morgan fingerprint density at radius 3 is 2.65 bits per heavy atom. The van der Waals surface area contributed by atoms with Crippen LogP contribution < -0.4 is 5.32 Å². The van der Waals surface area contributed by atoms with Gasteiger partial charge in [0.25, 0.3) is 5.69 Å². The summed E-state index contributed by atoms with van der Waals surface area (Å²) in [7, 11) is 1.96. The fraction of sp³-hybridized carbons (Fsp3) is 0.438. The van der Waals surface area contributed by atoms with Crippen molar-refractivity contribution in [3.8, 4) is 0 Å². The van der Waals surface area contributed by atoms with E-state index in [9.17, 15) is 19.3 Å². The fourth-order valence-electron chi connectivity index (χ4n) is 1.96. The number of rotatable bonds is 7. The maximum atomic E-state index is 13.1. The zero-order chi connectivity index (χ0) is 17.6. The highest BCUT2D eigenvalue weighted by Gasteiger charge is 2.14. The van der Waals surface area contributed by atoms with Crippen LogP contribution >= 0.6 is 0 Å². The van der Waals surface area contributed by atoms with Crippen molar-refractivity contribution in [1.29, 1.82) is 0 Å². The molecule has 1 amide bonds. The number of hydrogen-bond acceptors (Lipinski definition) is 4. The van der Waals surface area contributed by atoms with Crippen LogP contribution in [0.5, 0.6) is 0 Å². The second kappa shape index (κ2) is 8.38. The first-order valence-corrected chi connectivity index (χ1v) is 7.33. The van der Waals surface area contributed by atoms with Crippen molar-refractivity contribution < 1.29 is 14.1 Å². The molecule has 0 unspecified atom stereocenters. The molecular weight excluding hydrogens is 301 g/mol. The number of nitrogens with one attached hydrogen (secondary N) is 1. The Hall–Kier alpha value is -2.28. The molecule has 23 heavy (non-hydrogen) atoms. The van der Waals surface area contributed by atoms with Crippen LogP contribution in [0.3, 0.4) is 0 Å². The summed E-state index contributed by atoms with van der Waals surface area (Å²) < 4.78 is 13.1. The van der Waals surface area contributed by atoms with Crippen molar-refractivity contribution in [3.05, 3.63) is 45.8 Å². The number of nitro benzene ring substituents is 1. The summed E-state index contributed by atoms with van der Waals surface area (Å²) in [6.45, 7) is 6.68. The summed E-state index contributed by atoms with van der Waals surface area (Å²) in [4.78, 5) is 24.2. The van der Waals surface area contributed by atoms with Crippen LogP contribution in [0, 0.1) is 15.9 Å². The molecule has 0 aromatic heterocycles. The number of halogens is 1. The van der Waals surface area contributed by atoms with Crippen molar-refractivity contribution in [2.24, 2.45) is 0 Å². The zero-order valence-corrected chi connectivity index (χ0v) is 13.7. The minimum atomic E-state index is -0.691. The molecule has 1 atom stereocenters. The van der Waals surface area contributed by atoms with E-state index < -0.39 is 10.7 Å². The maximum Gasteiger partial charge on any atom is 0.279 e. The predicted octanol–water partition coefficient (Wildman–Crippen LogP) is 2.59. The third-order valence-corrected chi connectivity index (χ3v) is 3.44. The number of carbonyl (C=O) groups excluding carboxylic acids is 1. The maximum absolute atomic E-state index is 13.1. The Bertz CT molecular complexity index is 602. The van der Waals surface area contributed by atoms with E-state index in [1.807, 2.05) is 14.0 Å². The number of nitro groups is 1. The van der Waals surface area contributed by atoms with Gasteiger partial charge in [-0.2, -0.15) is 0 Å². The van der Waals surface area contributed by atoms with Gasteiger partial charge in [-0.3, -0.25) is 14.9 Å². The third kappa shape index (κ3) is 6.15. The third-order valence-electron chi connectivity index (χ3n) is 3.44. The molecule has 7 heteroatoms. The molecule has 0 radical (unpaired) electrons. The molecule has 0 aliphatic rings. The first-order valence-electron chi connectivity index (χ1n) is 7.33. The lowest BCUT2D eigenvalue weighted by Crippen LogP contribution is -2.42. The second-order valence-corrected chi connectivity index (χ2v) is 5.74. The monoisotopic (exact) mass is 323 g/mol. The van der Waals surface area contributed by atoms with Gasteiger partial charge in [-0.1, -0.05) is 0 Å². The SMILES string of the molecule is CC(C)N(C)C[C@H](C)NC(=O)/C=C/c1ccc(F)cc1[N+](=O)[O-]. The van der Waals surface area contributed by atoms with Crippen LogP contribution in [-0.4, -0.2) is 41.4 Å². The predicted molar refractivity (Wildman–Crippen MR) is 87.5 cm³/mol. The van der Waals surface area contributed by atoms with E-state index >= 15 is 0 Å². The van der Waals surface area contributed by atoms with E-state index in [4.69, 9.17) is 0 Å². The van der Waals surface area contributed by atoms with Gasteiger partial charge in [-0.15, -0.1) is 0 Å². The van der Waals surface area contributed by atoms with E-state index in [1.165, 1.54) is 18.2 Å². The number of hydrogen-bond donors (Lipinski definition) is 1. The molecule has 0 saturated heterocycles. The fourth-order valence-corrected chi connectivity index (χ4v) is 1.96. The summed E-state index contributed by atoms with van der Waals surface area (Å²) in [5.74, 6) is -1.04. The van der Waals surface area contributed by atoms with Crippen LogP contribution in [0.25, 0.3) is 6.08 Å². The summed E-state index contributed by atoms with van der Waals surface area (Å²) >= 11 is 0. The van der Waals surface area contributed by atoms with Crippen molar-refractivity contribution in [2.75, 3.05) is 13.6 Å². The van der Waals surface area contributed by atoms with Gasteiger partial charge in [0.1, 0.15) is 5.82 Å². The van der Waals surface area contributed by atoms with E-state index in [0.717, 1.165) is 12.1 Å². The minimum Gasteiger partial charge on any atom is -0.349 e. The molecule has 0 heterocycles. The molecule has 1 N–H and O–H groups in total. The standard InChI is InChI=1S/C16H22FN3O3/c1-11(2)19(4)10-12(3)18-16(21)8-6-13-5-7-14(17)9-15(13)20(22)23/h5-9,11-12H,10H2,1-4H3,(H,18,21)/b8-6+/t12-/m0/s1. The number of benzene rings is 1. The Morgan fingerprint density at radius 1 is 1.43 bits per heavy atom. The van der Waals surface area contributed by atoms with Crippen molar-refractivity contribution in [3.63, 3.8) is 0 Å². The Morgan fingerprint density at radius 2 is 2.09 bits per heavy atom. The highest BCUT2D eigenvalue weighted by atomic mass is 19.1. The molecule has 6 nitrogen and oxygen atoms in total. The van der Waals surface area contributed by atoms with Crippen LogP contribution in [0.2, 0.25) is 0 Å². The zero-order valence-electron chi connectivity index (χ0n) is 13.7. The van der Waals surface area contributed by atoms with Gasteiger partial charge in [-0.25, -0.2) is 4.39 Å². The number of amides is 1. The van der Waals surface area contributed by atoms with Crippen molar-refractivity contribution in [2.45, 2.75) is 32.9 Å². The Kier molecular flexibility index (Phi) is 6.84. The van der Waals surface area contributed by atoms with Crippen molar-refractivity contribution >= 4 is 17.7 Å². The molecule has 0 saturated carbocycles. The molecule has 1 rings (SSSR count). The summed E-state index contributed by atoms with van der Waals surface area (Å²) in [6.07, 6.45) is 2.53. The molecule has 0 spiro atoms. The van der Waals surface area contributed by atoms with Gasteiger partial charge >= 0.3 is 0 Å². The van der Waals surface area contributed by atoms with Crippen molar-refractivity contribution in [1.82, 2.24) is 10.2 Å². The minimum absolute atomic E-state index is 0.0669. The van der Waals surface area contributed by atoms with Gasteiger partial charge in [0, 0.05) is 24.7 Å². The number of likely N-dealkylation sites (N-methyl/N-ethyl adjacent to an activating group) is 1. The molecular formula is C16H22FN3O3. The van der Waals surface area contributed by atoms with Crippen LogP contribution in [0.4, 0.5) is 10.1 Å². The van der Waals surface area contributed by atoms with Gasteiger partial charge in [0.2, 0.25) is 5.91 Å². The van der Waals surface area contributed by atoms with E-state index in [0.29, 0.717) is 12.6 Å². The molecule has 0 bridgehead atoms. The average Bonchev–Trinajstić information content (AvgIpc) is 2.45. The first kappa shape index (κ1) is 18.8. The lowest BCUT2D eigenvalue weighted by Gasteiger charge is -2.25. The molecule has 126 valence electrons. The Labute approximate surface area is 135 Å². The smallest absolute Gasteiger partial charge is 0.279 e. The average molecular weight is 323 g/mol. The molecule has 0 aliphatic heterocycles.